The number of ether oxygens (including phenoxy) is 1. The van der Waals surface area contributed by atoms with Crippen LogP contribution in [-0.2, 0) is 0 Å². The van der Waals surface area contributed by atoms with Gasteiger partial charge in [-0.3, -0.25) is 4.79 Å². The molecule has 3 heteroatoms. The van der Waals surface area contributed by atoms with Gasteiger partial charge in [0.2, 0.25) is 5.78 Å². The van der Waals surface area contributed by atoms with Gasteiger partial charge in [0, 0.05) is 5.39 Å². The van der Waals surface area contributed by atoms with Crippen molar-refractivity contribution in [3.8, 4) is 5.75 Å². The molecule has 21 heavy (non-hydrogen) atoms. The summed E-state index contributed by atoms with van der Waals surface area (Å²) in [5.41, 5.74) is 3.51. The maximum Gasteiger partial charge on any atom is 0.204 e. The maximum absolute atomic E-state index is 12.3. The number of benzene rings is 2. The van der Waals surface area contributed by atoms with Crippen molar-refractivity contribution in [1.29, 1.82) is 0 Å². The molecule has 106 valence electrons. The lowest BCUT2D eigenvalue weighted by atomic mass is 10.1. The largest absolute Gasteiger partial charge is 0.485 e. The zero-order valence-corrected chi connectivity index (χ0v) is 12.1. The summed E-state index contributed by atoms with van der Waals surface area (Å²) >= 11 is 0. The number of ketones is 1. The lowest BCUT2D eigenvalue weighted by molar-refractivity contribution is 0.0922. The minimum atomic E-state index is -0.0842. The molecule has 1 heterocycles. The first-order valence-electron chi connectivity index (χ1n) is 6.84. The van der Waals surface area contributed by atoms with E-state index in [9.17, 15) is 4.79 Å². The number of hydrogen-bond acceptors (Lipinski definition) is 3. The Kier molecular flexibility index (Phi) is 3.48. The van der Waals surface area contributed by atoms with Gasteiger partial charge >= 0.3 is 0 Å². The number of aryl methyl sites for hydroxylation is 2. The highest BCUT2D eigenvalue weighted by Crippen LogP contribution is 2.22. The smallest absolute Gasteiger partial charge is 0.204 e. The summed E-state index contributed by atoms with van der Waals surface area (Å²) in [6.07, 6.45) is 1.50. The molecule has 2 aromatic carbocycles. The van der Waals surface area contributed by atoms with E-state index in [1.807, 2.05) is 50.2 Å². The highest BCUT2D eigenvalue weighted by atomic mass is 16.5. The molecule has 0 amide bonds. The van der Waals surface area contributed by atoms with Gasteiger partial charge in [0.15, 0.2) is 6.61 Å². The van der Waals surface area contributed by atoms with Crippen molar-refractivity contribution in [2.75, 3.05) is 6.61 Å². The van der Waals surface area contributed by atoms with Crippen molar-refractivity contribution < 1.29 is 13.9 Å². The Morgan fingerprint density at radius 1 is 1.10 bits per heavy atom. The summed E-state index contributed by atoms with van der Waals surface area (Å²) in [6.45, 7) is 4.02. The van der Waals surface area contributed by atoms with Gasteiger partial charge in [-0.2, -0.15) is 0 Å². The van der Waals surface area contributed by atoms with Crippen LogP contribution in [0.5, 0.6) is 5.75 Å². The van der Waals surface area contributed by atoms with Gasteiger partial charge in [-0.15, -0.1) is 0 Å². The average Bonchev–Trinajstić information content (AvgIpc) is 2.88. The summed E-state index contributed by atoms with van der Waals surface area (Å²) in [6, 6.07) is 13.4. The van der Waals surface area contributed by atoms with E-state index < -0.39 is 0 Å². The molecule has 3 aromatic rings. The van der Waals surface area contributed by atoms with Crippen molar-refractivity contribution >= 4 is 16.8 Å². The number of rotatable bonds is 4. The third kappa shape index (κ3) is 2.82. The Hall–Kier alpha value is -2.55. The average molecular weight is 280 g/mol. The molecule has 0 bridgehead atoms. The molecule has 0 fully saturated rings. The van der Waals surface area contributed by atoms with Crippen LogP contribution in [0.15, 0.2) is 53.1 Å². The maximum atomic E-state index is 12.3. The van der Waals surface area contributed by atoms with Crippen LogP contribution in [0.3, 0.4) is 0 Å². The molecule has 0 aliphatic rings. The van der Waals surface area contributed by atoms with Gasteiger partial charge in [0.1, 0.15) is 17.6 Å². The fourth-order valence-corrected chi connectivity index (χ4v) is 2.44. The summed E-state index contributed by atoms with van der Waals surface area (Å²) in [5.74, 6) is 0.632. The summed E-state index contributed by atoms with van der Waals surface area (Å²) < 4.78 is 11.0. The van der Waals surface area contributed by atoms with E-state index in [0.29, 0.717) is 16.9 Å². The monoisotopic (exact) mass is 280 g/mol. The van der Waals surface area contributed by atoms with Crippen LogP contribution in [0.25, 0.3) is 11.0 Å². The van der Waals surface area contributed by atoms with Crippen molar-refractivity contribution in [1.82, 2.24) is 0 Å². The molecule has 3 nitrogen and oxygen atoms in total. The zero-order valence-electron chi connectivity index (χ0n) is 12.1. The standard InChI is InChI=1S/C18H16O3/c1-12-7-13(2)9-14(8-12)20-11-17(19)16-10-21-18-6-4-3-5-15(16)18/h3-10H,11H2,1-2H3. The van der Waals surface area contributed by atoms with Crippen LogP contribution in [0.1, 0.15) is 21.5 Å². The molecule has 0 radical (unpaired) electrons. The number of Topliss-reactive ketones (excluding diaryl/α,β-unsaturated/α-hetero) is 1. The number of furan rings is 1. The molecule has 0 spiro atoms. The van der Waals surface area contributed by atoms with E-state index in [-0.39, 0.29) is 12.4 Å². The summed E-state index contributed by atoms with van der Waals surface area (Å²) in [5, 5.41) is 0.825. The van der Waals surface area contributed by atoms with Gasteiger partial charge in [-0.25, -0.2) is 0 Å². The Bertz CT molecular complexity index is 779. The first-order valence-corrected chi connectivity index (χ1v) is 6.84. The topological polar surface area (TPSA) is 39.4 Å². The molecule has 3 rings (SSSR count). The molecule has 0 unspecified atom stereocenters. The first-order chi connectivity index (χ1) is 10.1. The first kappa shape index (κ1) is 13.4. The van der Waals surface area contributed by atoms with Gasteiger partial charge in [-0.05, 0) is 43.2 Å². The van der Waals surface area contributed by atoms with Crippen LogP contribution in [0.4, 0.5) is 0 Å². The number of para-hydroxylation sites is 1. The number of fused-ring (bicyclic) bond motifs is 1. The molecular formula is C18H16O3. The lowest BCUT2D eigenvalue weighted by Crippen LogP contribution is -2.11. The fourth-order valence-electron chi connectivity index (χ4n) is 2.44. The third-order valence-corrected chi connectivity index (χ3v) is 3.35. The number of carbonyl (C=O) groups is 1. The van der Waals surface area contributed by atoms with E-state index in [2.05, 4.69) is 6.07 Å². The second-order valence-electron chi connectivity index (χ2n) is 5.18. The Morgan fingerprint density at radius 2 is 1.81 bits per heavy atom. The zero-order chi connectivity index (χ0) is 14.8. The van der Waals surface area contributed by atoms with Gasteiger partial charge in [-0.1, -0.05) is 24.3 Å². The SMILES string of the molecule is Cc1cc(C)cc(OCC(=O)c2coc3ccccc23)c1. The molecule has 0 N–H and O–H groups in total. The minimum absolute atomic E-state index is 0.00637. The second-order valence-corrected chi connectivity index (χ2v) is 5.18. The number of carbonyl (C=O) groups excluding carboxylic acids is 1. The predicted octanol–water partition coefficient (Wildman–Crippen LogP) is 4.31. The van der Waals surface area contributed by atoms with Crippen LogP contribution in [0.2, 0.25) is 0 Å². The number of hydrogen-bond donors (Lipinski definition) is 0. The predicted molar refractivity (Wildman–Crippen MR) is 82.0 cm³/mol. The molecule has 0 aliphatic carbocycles. The van der Waals surface area contributed by atoms with Crippen LogP contribution < -0.4 is 4.74 Å². The molecular weight excluding hydrogens is 264 g/mol. The molecule has 0 atom stereocenters. The van der Waals surface area contributed by atoms with Crippen molar-refractivity contribution in [3.63, 3.8) is 0 Å². The summed E-state index contributed by atoms with van der Waals surface area (Å²) in [7, 11) is 0. The van der Waals surface area contributed by atoms with Gasteiger partial charge < -0.3 is 9.15 Å². The Labute approximate surface area is 123 Å². The third-order valence-electron chi connectivity index (χ3n) is 3.35. The minimum Gasteiger partial charge on any atom is -0.485 e. The highest BCUT2D eigenvalue weighted by Gasteiger charge is 2.14. The van der Waals surface area contributed by atoms with E-state index >= 15 is 0 Å². The van der Waals surface area contributed by atoms with Gasteiger partial charge in [0.05, 0.1) is 5.56 Å². The second kappa shape index (κ2) is 5.44. The normalized spacial score (nSPS) is 10.8. The fraction of sp³-hybridized carbons (Fsp3) is 0.167. The molecule has 1 aromatic heterocycles. The van der Waals surface area contributed by atoms with Gasteiger partial charge in [0.25, 0.3) is 0 Å². The highest BCUT2D eigenvalue weighted by molar-refractivity contribution is 6.07. The Balaban J connectivity index is 1.77. The van der Waals surface area contributed by atoms with E-state index in [0.717, 1.165) is 16.5 Å². The van der Waals surface area contributed by atoms with Crippen LogP contribution in [-0.4, -0.2) is 12.4 Å². The van der Waals surface area contributed by atoms with Crippen LogP contribution >= 0.6 is 0 Å². The lowest BCUT2D eigenvalue weighted by Gasteiger charge is -2.07. The molecule has 0 saturated carbocycles. The van der Waals surface area contributed by atoms with E-state index in [4.69, 9.17) is 9.15 Å². The molecule has 0 saturated heterocycles. The van der Waals surface area contributed by atoms with Crippen molar-refractivity contribution in [2.45, 2.75) is 13.8 Å². The van der Waals surface area contributed by atoms with E-state index in [1.165, 1.54) is 6.26 Å². The molecule has 0 aliphatic heterocycles. The van der Waals surface area contributed by atoms with Crippen molar-refractivity contribution in [3.05, 3.63) is 65.4 Å². The van der Waals surface area contributed by atoms with E-state index in [1.54, 1.807) is 0 Å². The quantitative estimate of drug-likeness (QED) is 0.668. The Morgan fingerprint density at radius 3 is 2.57 bits per heavy atom. The van der Waals surface area contributed by atoms with Crippen LogP contribution in [0, 0.1) is 13.8 Å². The summed E-state index contributed by atoms with van der Waals surface area (Å²) in [4.78, 5) is 12.3. The van der Waals surface area contributed by atoms with Crippen molar-refractivity contribution in [2.24, 2.45) is 0 Å².